The third kappa shape index (κ3) is 6.28. The first kappa shape index (κ1) is 21.3. The molecule has 0 saturated carbocycles. The van der Waals surface area contributed by atoms with Gasteiger partial charge in [0, 0.05) is 19.6 Å². The first-order valence-corrected chi connectivity index (χ1v) is 8.52. The highest BCUT2D eigenvalue weighted by Crippen LogP contribution is 2.36. The van der Waals surface area contributed by atoms with Gasteiger partial charge in [-0.1, -0.05) is 13.8 Å². The number of hydrogen-bond donors (Lipinski definition) is 1. The van der Waals surface area contributed by atoms with Crippen molar-refractivity contribution >= 4 is 11.9 Å². The lowest BCUT2D eigenvalue weighted by atomic mass is 10.1. The van der Waals surface area contributed by atoms with Crippen LogP contribution in [0.15, 0.2) is 0 Å². The van der Waals surface area contributed by atoms with Crippen molar-refractivity contribution < 1.29 is 31.1 Å². The zero-order valence-electron chi connectivity index (χ0n) is 14.9. The predicted molar refractivity (Wildman–Crippen MR) is 85.7 cm³/mol. The lowest BCUT2D eigenvalue weighted by Gasteiger charge is -2.27. The maximum Gasteiger partial charge on any atom is 0.434 e. The van der Waals surface area contributed by atoms with Gasteiger partial charge in [0.05, 0.1) is 0 Å². The lowest BCUT2D eigenvalue weighted by Crippen LogP contribution is -2.47. The number of nitrogens with zero attached hydrogens (tertiary/aromatic N) is 4. The molecule has 27 heavy (non-hydrogen) atoms. The molecule has 0 aliphatic carbocycles. The van der Waals surface area contributed by atoms with E-state index in [9.17, 15) is 26.3 Å². The largest absolute Gasteiger partial charge is 0.440 e. The Bertz CT molecular complexity index is 602. The smallest absolute Gasteiger partial charge is 0.434 e. The fourth-order valence-electron chi connectivity index (χ4n) is 2.43. The molecule has 0 bridgehead atoms. The molecule has 154 valence electrons. The van der Waals surface area contributed by atoms with Crippen molar-refractivity contribution in [1.82, 2.24) is 15.0 Å². The number of nitrogens with one attached hydrogen (secondary N) is 1. The molecule has 2 heterocycles. The van der Waals surface area contributed by atoms with Crippen molar-refractivity contribution in [1.29, 1.82) is 0 Å². The number of rotatable bonds is 6. The highest BCUT2D eigenvalue weighted by molar-refractivity contribution is 5.38. The van der Waals surface area contributed by atoms with E-state index in [2.05, 4.69) is 25.0 Å². The fraction of sp³-hybridized carbons (Fsp3) is 0.800. The van der Waals surface area contributed by atoms with Crippen LogP contribution in [-0.4, -0.2) is 53.0 Å². The lowest BCUT2D eigenvalue weighted by molar-refractivity contribution is -0.301. The fourth-order valence-corrected chi connectivity index (χ4v) is 2.43. The summed E-state index contributed by atoms with van der Waals surface area (Å²) in [5.41, 5.74) is 0. The summed E-state index contributed by atoms with van der Waals surface area (Å²) in [5, 5.41) is 2.78. The monoisotopic (exact) mass is 401 g/mol. The molecular weight excluding hydrogens is 380 g/mol. The zero-order valence-corrected chi connectivity index (χ0v) is 14.9. The standard InChI is InChI=1S/C15H21F6N5O/c1-9(2)8-22-11-23-12(26-6-4-3-5-7-26)25-13(24-11)27-10(14(16,17)18)15(19,20)21/h9-10H,3-8H2,1-2H3,(H,22,23,24,25). The molecule has 0 spiro atoms. The van der Waals surface area contributed by atoms with Crippen LogP contribution in [0.5, 0.6) is 6.01 Å². The highest BCUT2D eigenvalue weighted by atomic mass is 19.4. The van der Waals surface area contributed by atoms with Crippen LogP contribution in [0.3, 0.4) is 0 Å². The Morgan fingerprint density at radius 3 is 2.07 bits per heavy atom. The van der Waals surface area contributed by atoms with E-state index in [0.717, 1.165) is 19.3 Å². The van der Waals surface area contributed by atoms with E-state index in [0.29, 0.717) is 19.6 Å². The second-order valence-electron chi connectivity index (χ2n) is 6.65. The minimum absolute atomic E-state index is 0.00550. The van der Waals surface area contributed by atoms with E-state index in [1.165, 1.54) is 0 Å². The minimum Gasteiger partial charge on any atom is -0.440 e. The minimum atomic E-state index is -5.65. The molecule has 1 aliphatic rings. The van der Waals surface area contributed by atoms with E-state index < -0.39 is 24.5 Å². The van der Waals surface area contributed by atoms with Crippen LogP contribution in [-0.2, 0) is 0 Å². The topological polar surface area (TPSA) is 63.2 Å². The summed E-state index contributed by atoms with van der Waals surface area (Å²) < 4.78 is 80.8. The van der Waals surface area contributed by atoms with Gasteiger partial charge >= 0.3 is 18.4 Å². The zero-order chi connectivity index (χ0) is 20.2. The summed E-state index contributed by atoms with van der Waals surface area (Å²) in [6.45, 7) is 5.23. The second kappa shape index (κ2) is 8.34. The summed E-state index contributed by atoms with van der Waals surface area (Å²) in [4.78, 5) is 13.1. The Kier molecular flexibility index (Phi) is 6.58. The second-order valence-corrected chi connectivity index (χ2v) is 6.65. The number of anilines is 2. The van der Waals surface area contributed by atoms with Crippen molar-refractivity contribution in [3.63, 3.8) is 0 Å². The Balaban J connectivity index is 2.33. The molecule has 0 unspecified atom stereocenters. The molecule has 1 saturated heterocycles. The average Bonchev–Trinajstić information content (AvgIpc) is 2.56. The molecule has 1 N–H and O–H groups in total. The van der Waals surface area contributed by atoms with E-state index in [-0.39, 0.29) is 17.8 Å². The maximum atomic E-state index is 12.8. The van der Waals surface area contributed by atoms with Crippen LogP contribution in [0.25, 0.3) is 0 Å². The van der Waals surface area contributed by atoms with E-state index in [1.54, 1.807) is 4.90 Å². The third-order valence-electron chi connectivity index (χ3n) is 3.73. The number of piperidine rings is 1. The molecule has 1 aromatic rings. The van der Waals surface area contributed by atoms with E-state index in [1.807, 2.05) is 13.8 Å². The summed E-state index contributed by atoms with van der Waals surface area (Å²) >= 11 is 0. The van der Waals surface area contributed by atoms with Crippen LogP contribution in [0.4, 0.5) is 38.2 Å². The van der Waals surface area contributed by atoms with Gasteiger partial charge in [-0.25, -0.2) is 0 Å². The molecule has 1 aromatic heterocycles. The van der Waals surface area contributed by atoms with Crippen LogP contribution in [0, 0.1) is 5.92 Å². The van der Waals surface area contributed by atoms with Gasteiger partial charge < -0.3 is 15.0 Å². The number of hydrogen-bond acceptors (Lipinski definition) is 6. The number of aromatic nitrogens is 3. The molecule has 0 radical (unpaired) electrons. The maximum absolute atomic E-state index is 12.8. The molecule has 0 aromatic carbocycles. The molecular formula is C15H21F6N5O. The normalized spacial score (nSPS) is 16.1. The third-order valence-corrected chi connectivity index (χ3v) is 3.73. The van der Waals surface area contributed by atoms with Gasteiger partial charge in [-0.05, 0) is 25.2 Å². The number of halogens is 6. The number of ether oxygens (including phenoxy) is 1. The molecule has 0 atom stereocenters. The van der Waals surface area contributed by atoms with Crippen molar-refractivity contribution in [3.8, 4) is 6.01 Å². The molecule has 1 fully saturated rings. The molecule has 12 heteroatoms. The molecule has 2 rings (SSSR count). The van der Waals surface area contributed by atoms with Gasteiger partial charge in [-0.3, -0.25) is 0 Å². The van der Waals surface area contributed by atoms with Gasteiger partial charge in [-0.2, -0.15) is 41.3 Å². The Hall–Kier alpha value is -2.01. The highest BCUT2D eigenvalue weighted by Gasteiger charge is 2.59. The number of alkyl halides is 6. The summed E-state index contributed by atoms with van der Waals surface area (Å²) in [6.07, 6.45) is -12.7. The average molecular weight is 401 g/mol. The first-order valence-electron chi connectivity index (χ1n) is 8.52. The Labute approximate surface area is 152 Å². The van der Waals surface area contributed by atoms with Gasteiger partial charge in [-0.15, -0.1) is 0 Å². The first-order chi connectivity index (χ1) is 12.5. The predicted octanol–water partition coefficient (Wildman–Crippen LogP) is 3.80. The van der Waals surface area contributed by atoms with Crippen LogP contribution in [0.2, 0.25) is 0 Å². The van der Waals surface area contributed by atoms with Crippen molar-refractivity contribution in [3.05, 3.63) is 0 Å². The van der Waals surface area contributed by atoms with E-state index in [4.69, 9.17) is 0 Å². The van der Waals surface area contributed by atoms with Crippen molar-refractivity contribution in [2.75, 3.05) is 29.9 Å². The molecule has 1 aliphatic heterocycles. The quantitative estimate of drug-likeness (QED) is 0.732. The van der Waals surface area contributed by atoms with Crippen molar-refractivity contribution in [2.24, 2.45) is 5.92 Å². The molecule has 0 amide bonds. The Morgan fingerprint density at radius 1 is 0.963 bits per heavy atom. The SMILES string of the molecule is CC(C)CNc1nc(OC(C(F)(F)F)C(F)(F)F)nc(N2CCCCC2)n1. The van der Waals surface area contributed by atoms with Gasteiger partial charge in [0.1, 0.15) is 0 Å². The summed E-state index contributed by atoms with van der Waals surface area (Å²) in [7, 11) is 0. The van der Waals surface area contributed by atoms with Crippen molar-refractivity contribution in [2.45, 2.75) is 51.6 Å². The summed E-state index contributed by atoms with van der Waals surface area (Å²) in [6, 6.07) is -1.02. The van der Waals surface area contributed by atoms with Gasteiger partial charge in [0.2, 0.25) is 11.9 Å². The van der Waals surface area contributed by atoms with Gasteiger partial charge in [0.15, 0.2) is 0 Å². The van der Waals surface area contributed by atoms with Crippen LogP contribution < -0.4 is 15.0 Å². The van der Waals surface area contributed by atoms with Crippen LogP contribution in [0.1, 0.15) is 33.1 Å². The van der Waals surface area contributed by atoms with Gasteiger partial charge in [0.25, 0.3) is 6.10 Å². The Morgan fingerprint density at radius 2 is 1.56 bits per heavy atom. The van der Waals surface area contributed by atoms with E-state index >= 15 is 0 Å². The van der Waals surface area contributed by atoms with Crippen LogP contribution >= 0.6 is 0 Å². The summed E-state index contributed by atoms with van der Waals surface area (Å²) in [5.74, 6) is 0.0223. The molecule has 6 nitrogen and oxygen atoms in total.